The number of hydrogen-bond donors (Lipinski definition) is 1. The van der Waals surface area contributed by atoms with Gasteiger partial charge in [-0.15, -0.1) is 6.58 Å². The van der Waals surface area contributed by atoms with E-state index >= 15 is 0 Å². The number of benzene rings is 1. The van der Waals surface area contributed by atoms with Crippen molar-refractivity contribution in [3.63, 3.8) is 0 Å². The zero-order valence-corrected chi connectivity index (χ0v) is 9.55. The van der Waals surface area contributed by atoms with E-state index in [1.807, 2.05) is 36.4 Å². The number of nitrogens with zero attached hydrogens (tertiary/aromatic N) is 1. The van der Waals surface area contributed by atoms with E-state index in [2.05, 4.69) is 11.5 Å². The quantitative estimate of drug-likeness (QED) is 0.783. The summed E-state index contributed by atoms with van der Waals surface area (Å²) in [6, 6.07) is 10.2. The summed E-state index contributed by atoms with van der Waals surface area (Å²) >= 11 is 0. The Morgan fingerprint density at radius 3 is 2.88 bits per heavy atom. The molecule has 16 heavy (non-hydrogen) atoms. The first-order valence-corrected chi connectivity index (χ1v) is 5.91. The molecule has 1 aromatic rings. The molecule has 86 valence electrons. The van der Waals surface area contributed by atoms with E-state index in [9.17, 15) is 5.11 Å². The Bertz CT molecular complexity index is 336. The monoisotopic (exact) mass is 217 g/mol. The predicted molar refractivity (Wildman–Crippen MR) is 66.2 cm³/mol. The van der Waals surface area contributed by atoms with E-state index in [1.54, 1.807) is 0 Å². The molecule has 1 aromatic carbocycles. The lowest BCUT2D eigenvalue weighted by molar-refractivity contribution is 0.0786. The molecule has 0 spiro atoms. The van der Waals surface area contributed by atoms with Crippen LogP contribution in [0.3, 0.4) is 0 Å². The maximum Gasteiger partial charge on any atom is 0.0945 e. The zero-order valence-electron chi connectivity index (χ0n) is 9.55. The van der Waals surface area contributed by atoms with Crippen LogP contribution in [0.1, 0.15) is 24.5 Å². The van der Waals surface area contributed by atoms with E-state index in [0.717, 1.165) is 25.1 Å². The molecule has 1 aliphatic heterocycles. The minimum atomic E-state index is -0.372. The lowest BCUT2D eigenvalue weighted by Gasteiger charge is -2.27. The average molecular weight is 217 g/mol. The lowest BCUT2D eigenvalue weighted by Crippen LogP contribution is -2.34. The normalized spacial score (nSPS) is 23.2. The first-order valence-electron chi connectivity index (χ1n) is 5.91. The molecule has 0 radical (unpaired) electrons. The molecule has 0 aromatic heterocycles. The average Bonchev–Trinajstić information content (AvgIpc) is 2.78. The third-order valence-corrected chi connectivity index (χ3v) is 3.28. The smallest absolute Gasteiger partial charge is 0.0945 e. The van der Waals surface area contributed by atoms with Gasteiger partial charge in [-0.25, -0.2) is 0 Å². The summed E-state index contributed by atoms with van der Waals surface area (Å²) < 4.78 is 0. The molecule has 1 saturated heterocycles. The highest BCUT2D eigenvalue weighted by Gasteiger charge is 2.30. The predicted octanol–water partition coefficient (Wildman–Crippen LogP) is 2.37. The van der Waals surface area contributed by atoms with Crippen LogP contribution in [-0.2, 0) is 0 Å². The molecular formula is C14H19NO. The van der Waals surface area contributed by atoms with Crippen LogP contribution in [0, 0.1) is 0 Å². The third kappa shape index (κ3) is 2.34. The van der Waals surface area contributed by atoms with Gasteiger partial charge in [0.05, 0.1) is 6.10 Å². The van der Waals surface area contributed by atoms with Crippen LogP contribution in [0.4, 0.5) is 0 Å². The summed E-state index contributed by atoms with van der Waals surface area (Å²) in [5, 5.41) is 10.3. The Kier molecular flexibility index (Phi) is 3.75. The molecular weight excluding hydrogens is 198 g/mol. The van der Waals surface area contributed by atoms with Crippen LogP contribution in [0.15, 0.2) is 43.0 Å². The Labute approximate surface area is 97.2 Å². The second kappa shape index (κ2) is 5.28. The van der Waals surface area contributed by atoms with Gasteiger partial charge in [-0.2, -0.15) is 0 Å². The fourth-order valence-corrected chi connectivity index (χ4v) is 2.47. The van der Waals surface area contributed by atoms with Gasteiger partial charge in [0.25, 0.3) is 0 Å². The lowest BCUT2D eigenvalue weighted by atomic mass is 10.0. The van der Waals surface area contributed by atoms with Crippen LogP contribution in [0.5, 0.6) is 0 Å². The van der Waals surface area contributed by atoms with Crippen LogP contribution >= 0.6 is 0 Å². The van der Waals surface area contributed by atoms with Crippen LogP contribution < -0.4 is 0 Å². The van der Waals surface area contributed by atoms with Crippen LogP contribution in [0.2, 0.25) is 0 Å². The van der Waals surface area contributed by atoms with Crippen molar-refractivity contribution in [2.24, 2.45) is 0 Å². The molecule has 0 bridgehead atoms. The Hall–Kier alpha value is -1.12. The zero-order chi connectivity index (χ0) is 11.4. The van der Waals surface area contributed by atoms with Crippen molar-refractivity contribution >= 4 is 0 Å². The Morgan fingerprint density at radius 2 is 2.19 bits per heavy atom. The van der Waals surface area contributed by atoms with Gasteiger partial charge >= 0.3 is 0 Å². The van der Waals surface area contributed by atoms with Gasteiger partial charge in [0, 0.05) is 12.6 Å². The Morgan fingerprint density at radius 1 is 1.44 bits per heavy atom. The summed E-state index contributed by atoms with van der Waals surface area (Å²) in [7, 11) is 0. The maximum atomic E-state index is 10.3. The van der Waals surface area contributed by atoms with Gasteiger partial charge in [0.1, 0.15) is 0 Å². The van der Waals surface area contributed by atoms with Gasteiger partial charge in [-0.05, 0) is 24.9 Å². The number of hydrogen-bond acceptors (Lipinski definition) is 2. The van der Waals surface area contributed by atoms with Crippen LogP contribution in [0.25, 0.3) is 0 Å². The molecule has 1 N–H and O–H groups in total. The fourth-order valence-electron chi connectivity index (χ4n) is 2.47. The minimum absolute atomic E-state index is 0.250. The molecule has 2 heteroatoms. The van der Waals surface area contributed by atoms with Crippen molar-refractivity contribution in [1.82, 2.24) is 4.90 Å². The molecule has 1 heterocycles. The minimum Gasteiger partial charge on any atom is -0.387 e. The topological polar surface area (TPSA) is 23.5 Å². The number of likely N-dealkylation sites (tertiary alicyclic amines) is 1. The van der Waals surface area contributed by atoms with Crippen molar-refractivity contribution in [2.45, 2.75) is 25.0 Å². The molecule has 2 rings (SSSR count). The molecule has 0 aliphatic carbocycles. The van der Waals surface area contributed by atoms with Gasteiger partial charge in [-0.1, -0.05) is 36.4 Å². The largest absolute Gasteiger partial charge is 0.387 e. The third-order valence-electron chi connectivity index (χ3n) is 3.28. The van der Waals surface area contributed by atoms with Gasteiger partial charge < -0.3 is 5.11 Å². The van der Waals surface area contributed by atoms with E-state index in [1.165, 1.54) is 6.42 Å². The summed E-state index contributed by atoms with van der Waals surface area (Å²) in [5.41, 5.74) is 1.02. The van der Waals surface area contributed by atoms with Crippen molar-refractivity contribution in [1.29, 1.82) is 0 Å². The summed E-state index contributed by atoms with van der Waals surface area (Å²) in [4.78, 5) is 2.31. The SMILES string of the molecule is C=CCN1CCC[C@@H]1C(O)c1ccccc1. The summed E-state index contributed by atoms with van der Waals surface area (Å²) in [5.74, 6) is 0. The first-order chi connectivity index (χ1) is 7.83. The number of aliphatic hydroxyl groups is 1. The van der Waals surface area contributed by atoms with E-state index in [-0.39, 0.29) is 12.1 Å². The second-order valence-electron chi connectivity index (χ2n) is 4.35. The first kappa shape index (κ1) is 11.4. The molecule has 0 amide bonds. The van der Waals surface area contributed by atoms with Crippen molar-refractivity contribution in [3.05, 3.63) is 48.6 Å². The summed E-state index contributed by atoms with van der Waals surface area (Å²) in [6.45, 7) is 5.71. The van der Waals surface area contributed by atoms with E-state index in [0.29, 0.717) is 0 Å². The highest BCUT2D eigenvalue weighted by Crippen LogP contribution is 2.28. The van der Waals surface area contributed by atoms with Gasteiger partial charge in [0.15, 0.2) is 0 Å². The van der Waals surface area contributed by atoms with Crippen molar-refractivity contribution in [2.75, 3.05) is 13.1 Å². The standard InChI is InChI=1S/C14H19NO/c1-2-10-15-11-6-9-13(15)14(16)12-7-4-3-5-8-12/h2-5,7-8,13-14,16H,1,6,9-11H2/t13-,14?/m1/s1. The maximum absolute atomic E-state index is 10.3. The molecule has 1 fully saturated rings. The highest BCUT2D eigenvalue weighted by molar-refractivity contribution is 5.19. The Balaban J connectivity index is 2.09. The second-order valence-corrected chi connectivity index (χ2v) is 4.35. The summed E-state index contributed by atoms with van der Waals surface area (Å²) in [6.07, 6.45) is 3.78. The highest BCUT2D eigenvalue weighted by atomic mass is 16.3. The van der Waals surface area contributed by atoms with E-state index < -0.39 is 0 Å². The molecule has 2 nitrogen and oxygen atoms in total. The molecule has 0 saturated carbocycles. The van der Waals surface area contributed by atoms with Gasteiger partial charge in [-0.3, -0.25) is 4.90 Å². The molecule has 1 aliphatic rings. The fraction of sp³-hybridized carbons (Fsp3) is 0.429. The van der Waals surface area contributed by atoms with Gasteiger partial charge in [0.2, 0.25) is 0 Å². The van der Waals surface area contributed by atoms with Crippen molar-refractivity contribution < 1.29 is 5.11 Å². The van der Waals surface area contributed by atoms with E-state index in [4.69, 9.17) is 0 Å². The van der Waals surface area contributed by atoms with Crippen LogP contribution in [-0.4, -0.2) is 29.1 Å². The molecule has 1 unspecified atom stereocenters. The van der Waals surface area contributed by atoms with Crippen molar-refractivity contribution in [3.8, 4) is 0 Å². The number of aliphatic hydroxyl groups excluding tert-OH is 1. The number of rotatable bonds is 4. The molecule has 2 atom stereocenters.